The van der Waals surface area contributed by atoms with Gasteiger partial charge in [0.1, 0.15) is 5.75 Å². The molecule has 3 N–H and O–H groups in total. The molecular formula is C17H18N2O2. The number of nitrogens with zero attached hydrogens (tertiary/aromatic N) is 1. The summed E-state index contributed by atoms with van der Waals surface area (Å²) < 4.78 is 0. The van der Waals surface area contributed by atoms with E-state index in [1.807, 2.05) is 29.2 Å². The fraction of sp³-hybridized carbons (Fsp3) is 0.235. The molecule has 2 aromatic rings. The van der Waals surface area contributed by atoms with Gasteiger partial charge in [0.15, 0.2) is 0 Å². The third kappa shape index (κ3) is 2.70. The maximum Gasteiger partial charge on any atom is 0.227 e. The lowest BCUT2D eigenvalue weighted by atomic mass is 9.97. The quantitative estimate of drug-likeness (QED) is 0.829. The molecule has 2 aromatic carbocycles. The monoisotopic (exact) mass is 282 g/mol. The molecule has 0 saturated carbocycles. The van der Waals surface area contributed by atoms with Crippen LogP contribution in [0.3, 0.4) is 0 Å². The van der Waals surface area contributed by atoms with Gasteiger partial charge in [-0.1, -0.05) is 30.3 Å². The van der Waals surface area contributed by atoms with Gasteiger partial charge in [0.05, 0.1) is 6.42 Å². The number of benzene rings is 2. The van der Waals surface area contributed by atoms with Crippen molar-refractivity contribution in [1.82, 2.24) is 4.90 Å². The van der Waals surface area contributed by atoms with Crippen LogP contribution in [0.4, 0.5) is 5.69 Å². The molecule has 0 aliphatic carbocycles. The number of nitrogen functional groups attached to an aromatic ring is 1. The van der Waals surface area contributed by atoms with Crippen LogP contribution in [0.25, 0.3) is 0 Å². The second-order valence-electron chi connectivity index (χ2n) is 5.36. The summed E-state index contributed by atoms with van der Waals surface area (Å²) in [6.07, 6.45) is 1.01. The summed E-state index contributed by atoms with van der Waals surface area (Å²) in [7, 11) is 0. The van der Waals surface area contributed by atoms with E-state index in [-0.39, 0.29) is 18.1 Å². The van der Waals surface area contributed by atoms with Gasteiger partial charge in [-0.2, -0.15) is 0 Å². The number of carbonyl (C=O) groups excluding carboxylic acids is 1. The summed E-state index contributed by atoms with van der Waals surface area (Å²) in [6.45, 7) is 1.26. The molecule has 1 heterocycles. The molecule has 0 atom stereocenters. The molecule has 21 heavy (non-hydrogen) atoms. The summed E-state index contributed by atoms with van der Waals surface area (Å²) in [5, 5.41) is 9.76. The molecule has 3 rings (SSSR count). The van der Waals surface area contributed by atoms with Gasteiger partial charge in [0, 0.05) is 24.3 Å². The highest BCUT2D eigenvalue weighted by Crippen LogP contribution is 2.25. The first-order valence-corrected chi connectivity index (χ1v) is 7.06. The number of amides is 1. The van der Waals surface area contributed by atoms with Crippen LogP contribution in [0.5, 0.6) is 5.75 Å². The highest BCUT2D eigenvalue weighted by Gasteiger charge is 2.22. The topological polar surface area (TPSA) is 66.6 Å². The largest absolute Gasteiger partial charge is 0.508 e. The van der Waals surface area contributed by atoms with Gasteiger partial charge in [-0.3, -0.25) is 4.79 Å². The highest BCUT2D eigenvalue weighted by molar-refractivity contribution is 5.80. The molecule has 1 aliphatic heterocycles. The number of fused-ring (bicyclic) bond motifs is 1. The average Bonchev–Trinajstić information content (AvgIpc) is 2.49. The number of aromatic hydroxyl groups is 1. The van der Waals surface area contributed by atoms with Gasteiger partial charge < -0.3 is 15.7 Å². The van der Waals surface area contributed by atoms with Crippen molar-refractivity contribution in [3.63, 3.8) is 0 Å². The Morgan fingerprint density at radius 2 is 2.00 bits per heavy atom. The number of rotatable bonds is 2. The zero-order valence-electron chi connectivity index (χ0n) is 11.7. The number of hydrogen-bond donors (Lipinski definition) is 2. The minimum atomic E-state index is 0.0320. The lowest BCUT2D eigenvalue weighted by Crippen LogP contribution is -2.37. The average molecular weight is 282 g/mol. The Kier molecular flexibility index (Phi) is 3.52. The number of para-hydroxylation sites is 1. The SMILES string of the molecule is Nc1cccc2c1CCN(C(=O)Cc1ccccc1O)C2. The first-order valence-electron chi connectivity index (χ1n) is 7.06. The van der Waals surface area contributed by atoms with E-state index in [9.17, 15) is 9.90 Å². The van der Waals surface area contributed by atoms with Crippen LogP contribution in [0, 0.1) is 0 Å². The Hall–Kier alpha value is -2.49. The van der Waals surface area contributed by atoms with Crippen molar-refractivity contribution in [2.75, 3.05) is 12.3 Å². The van der Waals surface area contributed by atoms with Crippen molar-refractivity contribution < 1.29 is 9.90 Å². The van der Waals surface area contributed by atoms with E-state index < -0.39 is 0 Å². The smallest absolute Gasteiger partial charge is 0.227 e. The summed E-state index contributed by atoms with van der Waals surface area (Å²) in [6, 6.07) is 12.8. The van der Waals surface area contributed by atoms with Crippen molar-refractivity contribution >= 4 is 11.6 Å². The molecule has 0 bridgehead atoms. The van der Waals surface area contributed by atoms with Crippen molar-refractivity contribution in [2.45, 2.75) is 19.4 Å². The zero-order valence-corrected chi connectivity index (χ0v) is 11.7. The Bertz CT molecular complexity index is 682. The summed E-state index contributed by atoms with van der Waals surface area (Å²) >= 11 is 0. The van der Waals surface area contributed by atoms with E-state index in [0.717, 1.165) is 23.2 Å². The summed E-state index contributed by atoms with van der Waals surface area (Å²) in [5.41, 5.74) is 9.72. The first kappa shape index (κ1) is 13.5. The second-order valence-corrected chi connectivity index (χ2v) is 5.36. The maximum absolute atomic E-state index is 12.4. The van der Waals surface area contributed by atoms with E-state index in [4.69, 9.17) is 5.73 Å². The van der Waals surface area contributed by atoms with Gasteiger partial charge >= 0.3 is 0 Å². The van der Waals surface area contributed by atoms with Gasteiger partial charge in [-0.25, -0.2) is 0 Å². The predicted octanol–water partition coefficient (Wildman–Crippen LogP) is 2.10. The molecule has 4 heteroatoms. The van der Waals surface area contributed by atoms with Crippen molar-refractivity contribution in [1.29, 1.82) is 0 Å². The summed E-state index contributed by atoms with van der Waals surface area (Å²) in [4.78, 5) is 14.2. The van der Waals surface area contributed by atoms with Gasteiger partial charge in [-0.05, 0) is 29.7 Å². The molecule has 0 radical (unpaired) electrons. The van der Waals surface area contributed by atoms with Crippen molar-refractivity contribution in [3.05, 3.63) is 59.2 Å². The maximum atomic E-state index is 12.4. The van der Waals surface area contributed by atoms with Crippen molar-refractivity contribution in [3.8, 4) is 5.75 Å². The normalized spacial score (nSPS) is 13.8. The van der Waals surface area contributed by atoms with Crippen LogP contribution in [0.2, 0.25) is 0 Å². The molecule has 0 aromatic heterocycles. The first-order chi connectivity index (χ1) is 10.1. The molecule has 0 saturated heterocycles. The molecule has 0 spiro atoms. The lowest BCUT2D eigenvalue weighted by molar-refractivity contribution is -0.131. The lowest BCUT2D eigenvalue weighted by Gasteiger charge is -2.29. The van der Waals surface area contributed by atoms with Crippen LogP contribution < -0.4 is 5.73 Å². The fourth-order valence-corrected chi connectivity index (χ4v) is 2.79. The zero-order chi connectivity index (χ0) is 14.8. The predicted molar refractivity (Wildman–Crippen MR) is 81.8 cm³/mol. The van der Waals surface area contributed by atoms with Crippen LogP contribution in [-0.2, 0) is 24.2 Å². The van der Waals surface area contributed by atoms with Crippen LogP contribution in [0.15, 0.2) is 42.5 Å². The Labute approximate surface area is 123 Å². The standard InChI is InChI=1S/C17H18N2O2/c18-15-6-3-5-13-11-19(9-8-14(13)15)17(21)10-12-4-1-2-7-16(12)20/h1-7,20H,8-11,18H2. The number of hydrogen-bond acceptors (Lipinski definition) is 3. The number of phenolic OH excluding ortho intramolecular Hbond substituents is 1. The van der Waals surface area contributed by atoms with Crippen LogP contribution in [-0.4, -0.2) is 22.5 Å². The number of nitrogens with two attached hydrogens (primary N) is 1. The molecule has 1 amide bonds. The fourth-order valence-electron chi connectivity index (χ4n) is 2.79. The molecule has 1 aliphatic rings. The number of anilines is 1. The Morgan fingerprint density at radius 3 is 2.81 bits per heavy atom. The highest BCUT2D eigenvalue weighted by atomic mass is 16.3. The van der Waals surface area contributed by atoms with E-state index in [0.29, 0.717) is 18.7 Å². The third-order valence-corrected chi connectivity index (χ3v) is 3.99. The van der Waals surface area contributed by atoms with Crippen LogP contribution in [0.1, 0.15) is 16.7 Å². The van der Waals surface area contributed by atoms with Gasteiger partial charge in [-0.15, -0.1) is 0 Å². The summed E-state index contributed by atoms with van der Waals surface area (Å²) in [5.74, 6) is 0.206. The second kappa shape index (κ2) is 5.48. The van der Waals surface area contributed by atoms with E-state index >= 15 is 0 Å². The molecule has 0 fully saturated rings. The minimum absolute atomic E-state index is 0.0320. The van der Waals surface area contributed by atoms with Crippen LogP contribution >= 0.6 is 0 Å². The number of carbonyl (C=O) groups is 1. The van der Waals surface area contributed by atoms with E-state index in [2.05, 4.69) is 0 Å². The van der Waals surface area contributed by atoms with Gasteiger partial charge in [0.2, 0.25) is 5.91 Å². The number of phenols is 1. The minimum Gasteiger partial charge on any atom is -0.508 e. The molecule has 0 unspecified atom stereocenters. The molecular weight excluding hydrogens is 264 g/mol. The Morgan fingerprint density at radius 1 is 1.19 bits per heavy atom. The van der Waals surface area contributed by atoms with E-state index in [1.54, 1.807) is 18.2 Å². The van der Waals surface area contributed by atoms with E-state index in [1.165, 1.54) is 0 Å². The molecule has 108 valence electrons. The third-order valence-electron chi connectivity index (χ3n) is 3.99. The van der Waals surface area contributed by atoms with Crippen molar-refractivity contribution in [2.24, 2.45) is 0 Å². The molecule has 4 nitrogen and oxygen atoms in total. The Balaban J connectivity index is 1.74. The van der Waals surface area contributed by atoms with Gasteiger partial charge in [0.25, 0.3) is 0 Å².